The molecule has 2 heterocycles. The second kappa shape index (κ2) is 3.39. The third kappa shape index (κ3) is 1.92. The van der Waals surface area contributed by atoms with E-state index in [2.05, 4.69) is 4.90 Å². The highest BCUT2D eigenvalue weighted by Crippen LogP contribution is 2.39. The van der Waals surface area contributed by atoms with Crippen LogP contribution in [0, 0.1) is 5.41 Å². The van der Waals surface area contributed by atoms with E-state index in [0.717, 1.165) is 26.3 Å². The number of hydrogen-bond acceptors (Lipinski definition) is 3. The molecule has 0 bridgehead atoms. The Morgan fingerprint density at radius 2 is 2.00 bits per heavy atom. The van der Waals surface area contributed by atoms with Gasteiger partial charge in [0.25, 0.3) is 0 Å². The van der Waals surface area contributed by atoms with Gasteiger partial charge in [-0.2, -0.15) is 0 Å². The van der Waals surface area contributed by atoms with Gasteiger partial charge in [-0.1, -0.05) is 0 Å². The lowest BCUT2D eigenvalue weighted by atomic mass is 9.73. The Bertz CT molecular complexity index is 201. The molecule has 2 aliphatic heterocycles. The molecular weight excluding hydrogens is 166 g/mol. The van der Waals surface area contributed by atoms with Crippen LogP contribution in [-0.2, 0) is 9.53 Å². The topological polar surface area (TPSA) is 29.5 Å². The highest BCUT2D eigenvalue weighted by Gasteiger charge is 2.43. The maximum Gasteiger partial charge on any atom is 0.143 e. The van der Waals surface area contributed by atoms with E-state index in [1.165, 1.54) is 12.8 Å². The predicted octanol–water partition coefficient (Wildman–Crippen LogP) is 0.688. The summed E-state index contributed by atoms with van der Waals surface area (Å²) in [5.74, 6) is 0.280. The van der Waals surface area contributed by atoms with Crippen molar-refractivity contribution in [1.82, 2.24) is 4.90 Å². The monoisotopic (exact) mass is 183 g/mol. The number of likely N-dealkylation sites (tertiary alicyclic amines) is 1. The quantitative estimate of drug-likeness (QED) is 0.630. The number of ether oxygens (including phenoxy) is 1. The molecule has 2 aliphatic rings. The van der Waals surface area contributed by atoms with Crippen molar-refractivity contribution in [3.63, 3.8) is 0 Å². The van der Waals surface area contributed by atoms with Crippen LogP contribution in [0.4, 0.5) is 0 Å². The zero-order valence-electron chi connectivity index (χ0n) is 8.21. The van der Waals surface area contributed by atoms with Gasteiger partial charge in [0.1, 0.15) is 5.78 Å². The van der Waals surface area contributed by atoms with E-state index >= 15 is 0 Å². The number of nitrogens with zero attached hydrogens (tertiary/aromatic N) is 1. The van der Waals surface area contributed by atoms with E-state index < -0.39 is 0 Å². The average Bonchev–Trinajstić information content (AvgIpc) is 2.02. The van der Waals surface area contributed by atoms with Crippen molar-refractivity contribution >= 4 is 5.78 Å². The minimum atomic E-state index is 0.280. The molecule has 0 atom stereocenters. The fourth-order valence-corrected chi connectivity index (χ4v) is 2.45. The molecule has 13 heavy (non-hydrogen) atoms. The van der Waals surface area contributed by atoms with Crippen LogP contribution in [0.1, 0.15) is 19.8 Å². The lowest BCUT2D eigenvalue weighted by molar-refractivity contribution is -0.125. The van der Waals surface area contributed by atoms with E-state index in [9.17, 15) is 4.79 Å². The summed E-state index contributed by atoms with van der Waals surface area (Å²) in [6.07, 6.45) is 2.36. The van der Waals surface area contributed by atoms with Crippen LogP contribution in [0.3, 0.4) is 0 Å². The molecule has 2 fully saturated rings. The fourth-order valence-electron chi connectivity index (χ4n) is 2.45. The van der Waals surface area contributed by atoms with E-state index in [1.54, 1.807) is 6.92 Å². The number of carbonyl (C=O) groups excluding carboxylic acids is 1. The fraction of sp³-hybridized carbons (Fsp3) is 0.900. The summed E-state index contributed by atoms with van der Waals surface area (Å²) in [5.41, 5.74) is 0.508. The van der Waals surface area contributed by atoms with Crippen LogP contribution < -0.4 is 0 Å². The van der Waals surface area contributed by atoms with E-state index in [0.29, 0.717) is 12.0 Å². The molecule has 0 N–H and O–H groups in total. The van der Waals surface area contributed by atoms with Gasteiger partial charge in [0.05, 0.1) is 6.54 Å². The van der Waals surface area contributed by atoms with Crippen molar-refractivity contribution in [2.75, 3.05) is 32.8 Å². The number of Topliss-reactive ketones (excluding diaryl/α,β-unsaturated/α-hetero) is 1. The van der Waals surface area contributed by atoms with E-state index in [-0.39, 0.29) is 5.78 Å². The molecule has 0 unspecified atom stereocenters. The molecule has 0 aromatic heterocycles. The molecule has 0 aliphatic carbocycles. The van der Waals surface area contributed by atoms with Crippen LogP contribution in [0.15, 0.2) is 0 Å². The summed E-state index contributed by atoms with van der Waals surface area (Å²) in [6, 6.07) is 0. The van der Waals surface area contributed by atoms with Crippen LogP contribution in [0.25, 0.3) is 0 Å². The van der Waals surface area contributed by atoms with E-state index in [4.69, 9.17) is 4.74 Å². The Labute approximate surface area is 79.0 Å². The first kappa shape index (κ1) is 9.16. The molecule has 3 heteroatoms. The van der Waals surface area contributed by atoms with Crippen LogP contribution in [0.2, 0.25) is 0 Å². The molecule has 0 radical (unpaired) electrons. The maximum atomic E-state index is 10.9. The molecule has 0 aromatic rings. The van der Waals surface area contributed by atoms with Gasteiger partial charge in [0, 0.05) is 31.7 Å². The Balaban J connectivity index is 1.78. The highest BCUT2D eigenvalue weighted by atomic mass is 16.5. The van der Waals surface area contributed by atoms with Gasteiger partial charge in [-0.25, -0.2) is 0 Å². The first-order valence-electron chi connectivity index (χ1n) is 5.00. The number of ketones is 1. The first-order valence-corrected chi connectivity index (χ1v) is 5.00. The van der Waals surface area contributed by atoms with Crippen LogP contribution >= 0.6 is 0 Å². The van der Waals surface area contributed by atoms with Gasteiger partial charge >= 0.3 is 0 Å². The zero-order chi connectivity index (χ0) is 9.31. The van der Waals surface area contributed by atoms with Crippen molar-refractivity contribution in [3.05, 3.63) is 0 Å². The van der Waals surface area contributed by atoms with Gasteiger partial charge < -0.3 is 4.74 Å². The summed E-state index contributed by atoms with van der Waals surface area (Å²) >= 11 is 0. The van der Waals surface area contributed by atoms with Crippen molar-refractivity contribution in [1.29, 1.82) is 0 Å². The maximum absolute atomic E-state index is 10.9. The van der Waals surface area contributed by atoms with Gasteiger partial charge in [-0.3, -0.25) is 9.69 Å². The van der Waals surface area contributed by atoms with Gasteiger partial charge in [-0.15, -0.1) is 0 Å². The second-order valence-electron chi connectivity index (χ2n) is 4.46. The normalized spacial score (nSPS) is 27.2. The average molecular weight is 183 g/mol. The summed E-state index contributed by atoms with van der Waals surface area (Å²) < 4.78 is 5.33. The number of rotatable bonds is 2. The molecule has 3 nitrogen and oxygen atoms in total. The van der Waals surface area contributed by atoms with Gasteiger partial charge in [-0.05, 0) is 19.8 Å². The third-order valence-electron chi connectivity index (χ3n) is 3.12. The van der Waals surface area contributed by atoms with Crippen molar-refractivity contribution < 1.29 is 9.53 Å². The Morgan fingerprint density at radius 1 is 1.38 bits per heavy atom. The number of carbonyl (C=O) groups is 1. The van der Waals surface area contributed by atoms with Gasteiger partial charge in [0.2, 0.25) is 0 Å². The second-order valence-corrected chi connectivity index (χ2v) is 4.46. The van der Waals surface area contributed by atoms with Crippen molar-refractivity contribution in [3.8, 4) is 0 Å². The first-order chi connectivity index (χ1) is 6.20. The summed E-state index contributed by atoms with van der Waals surface area (Å²) in [7, 11) is 0. The Morgan fingerprint density at radius 3 is 2.54 bits per heavy atom. The van der Waals surface area contributed by atoms with Gasteiger partial charge in [0.15, 0.2) is 0 Å². The summed E-state index contributed by atoms with van der Waals surface area (Å²) in [4.78, 5) is 13.1. The molecule has 74 valence electrons. The molecule has 0 saturated carbocycles. The van der Waals surface area contributed by atoms with Crippen molar-refractivity contribution in [2.45, 2.75) is 19.8 Å². The molecule has 1 spiro atoms. The van der Waals surface area contributed by atoms with E-state index in [1.807, 2.05) is 0 Å². The smallest absolute Gasteiger partial charge is 0.143 e. The minimum absolute atomic E-state index is 0.280. The summed E-state index contributed by atoms with van der Waals surface area (Å²) in [5, 5.41) is 0. The Hall–Kier alpha value is -0.410. The Kier molecular flexibility index (Phi) is 2.39. The zero-order valence-corrected chi connectivity index (χ0v) is 8.21. The molecular formula is C10H17NO2. The lowest BCUT2D eigenvalue weighted by Gasteiger charge is -2.52. The minimum Gasteiger partial charge on any atom is -0.381 e. The number of hydrogen-bond donors (Lipinski definition) is 0. The standard InChI is InChI=1S/C10H17NO2/c1-9(12)6-11-7-10(8-11)2-4-13-5-3-10/h2-8H2,1H3. The predicted molar refractivity (Wildman–Crippen MR) is 49.6 cm³/mol. The SMILES string of the molecule is CC(=O)CN1CC2(CCOCC2)C1. The molecule has 2 rings (SSSR count). The lowest BCUT2D eigenvalue weighted by Crippen LogP contribution is -2.59. The van der Waals surface area contributed by atoms with Crippen LogP contribution in [-0.4, -0.2) is 43.5 Å². The highest BCUT2D eigenvalue weighted by molar-refractivity contribution is 5.77. The molecule has 2 saturated heterocycles. The molecule has 0 aromatic carbocycles. The summed E-state index contributed by atoms with van der Waals surface area (Å²) in [6.45, 7) is 6.34. The molecule has 0 amide bonds. The van der Waals surface area contributed by atoms with Crippen LogP contribution in [0.5, 0.6) is 0 Å². The van der Waals surface area contributed by atoms with Crippen molar-refractivity contribution in [2.24, 2.45) is 5.41 Å². The third-order valence-corrected chi connectivity index (χ3v) is 3.12. The largest absolute Gasteiger partial charge is 0.381 e.